The summed E-state index contributed by atoms with van der Waals surface area (Å²) in [4.78, 5) is 2.07. The molecule has 2 nitrogen and oxygen atoms in total. The van der Waals surface area contributed by atoms with Gasteiger partial charge in [0.1, 0.15) is 0 Å². The van der Waals surface area contributed by atoms with E-state index in [0.29, 0.717) is 6.04 Å². The maximum Gasteiger partial charge on any atom is 0.173 e. The number of hydrogen-bond donors (Lipinski definition) is 1. The summed E-state index contributed by atoms with van der Waals surface area (Å²) in [6, 6.07) is 10.9. The quantitative estimate of drug-likeness (QED) is 0.822. The van der Waals surface area contributed by atoms with Crippen LogP contribution in [-0.2, 0) is 0 Å². The van der Waals surface area contributed by atoms with Gasteiger partial charge in [-0.15, -0.1) is 0 Å². The number of nitrogens with one attached hydrogen (secondary N) is 1. The van der Waals surface area contributed by atoms with E-state index >= 15 is 0 Å². The molecule has 96 valence electrons. The highest BCUT2D eigenvalue weighted by Gasteiger charge is 2.39. The van der Waals surface area contributed by atoms with Crippen molar-refractivity contribution < 1.29 is 0 Å². The Morgan fingerprint density at radius 1 is 1.22 bits per heavy atom. The topological polar surface area (TPSA) is 15.3 Å². The van der Waals surface area contributed by atoms with E-state index in [4.69, 9.17) is 12.2 Å². The lowest BCUT2D eigenvalue weighted by Crippen LogP contribution is -2.45. The molecule has 0 spiro atoms. The van der Waals surface area contributed by atoms with Crippen LogP contribution in [0.5, 0.6) is 0 Å². The van der Waals surface area contributed by atoms with Crippen molar-refractivity contribution in [1.29, 1.82) is 0 Å². The van der Waals surface area contributed by atoms with E-state index in [1.165, 1.54) is 25.7 Å². The molecule has 2 fully saturated rings. The van der Waals surface area contributed by atoms with Crippen molar-refractivity contribution in [2.24, 2.45) is 11.8 Å². The van der Waals surface area contributed by atoms with Crippen molar-refractivity contribution >= 4 is 23.0 Å². The summed E-state index contributed by atoms with van der Waals surface area (Å²) < 4.78 is 0. The largest absolute Gasteiger partial charge is 0.359 e. The van der Waals surface area contributed by atoms with Gasteiger partial charge >= 0.3 is 0 Å². The molecule has 0 amide bonds. The fourth-order valence-corrected chi connectivity index (χ4v) is 3.70. The number of fused-ring (bicyclic) bond motifs is 2. The average molecular weight is 260 g/mol. The normalized spacial score (nSPS) is 29.3. The molecule has 3 heteroatoms. The van der Waals surface area contributed by atoms with Crippen LogP contribution in [0.25, 0.3) is 0 Å². The van der Waals surface area contributed by atoms with E-state index < -0.39 is 0 Å². The minimum Gasteiger partial charge on any atom is -0.359 e. The Bertz CT molecular complexity index is 431. The van der Waals surface area contributed by atoms with Crippen LogP contribution in [0.4, 0.5) is 5.69 Å². The van der Waals surface area contributed by atoms with Gasteiger partial charge in [-0.3, -0.25) is 0 Å². The van der Waals surface area contributed by atoms with Gasteiger partial charge < -0.3 is 10.2 Å². The lowest BCUT2D eigenvalue weighted by atomic mass is 9.95. The molecule has 18 heavy (non-hydrogen) atoms. The standard InChI is InChI=1S/C15H20N2S/c1-17(13-5-3-2-4-6-13)15(18)16-14-10-11-7-8-12(14)9-11/h2-6,11-12,14H,7-10H2,1H3,(H,16,18)/t11-,12+,14+/m0/s1. The SMILES string of the molecule is CN(C(=S)N[C@@H]1C[C@H]2CC[C@@H]1C2)c1ccccc1. The Balaban J connectivity index is 1.62. The van der Waals surface area contributed by atoms with Crippen LogP contribution in [0, 0.1) is 11.8 Å². The van der Waals surface area contributed by atoms with E-state index in [0.717, 1.165) is 22.6 Å². The van der Waals surface area contributed by atoms with Gasteiger partial charge in [0, 0.05) is 18.8 Å². The first-order chi connectivity index (χ1) is 8.74. The maximum absolute atomic E-state index is 5.53. The summed E-state index contributed by atoms with van der Waals surface area (Å²) in [6.45, 7) is 0. The zero-order valence-electron chi connectivity index (χ0n) is 10.8. The molecule has 0 saturated heterocycles. The number of para-hydroxylation sites is 1. The summed E-state index contributed by atoms with van der Waals surface area (Å²) in [5, 5.41) is 4.43. The predicted octanol–water partition coefficient (Wildman–Crippen LogP) is 3.19. The van der Waals surface area contributed by atoms with E-state index in [-0.39, 0.29) is 0 Å². The van der Waals surface area contributed by atoms with E-state index in [1.807, 2.05) is 25.2 Å². The van der Waals surface area contributed by atoms with Gasteiger partial charge in [0.15, 0.2) is 5.11 Å². The Hall–Kier alpha value is -1.09. The van der Waals surface area contributed by atoms with Gasteiger partial charge in [0.25, 0.3) is 0 Å². The van der Waals surface area contributed by atoms with Gasteiger partial charge in [-0.05, 0) is 55.4 Å². The number of hydrogen-bond acceptors (Lipinski definition) is 1. The smallest absolute Gasteiger partial charge is 0.173 e. The molecule has 3 atom stereocenters. The summed E-state index contributed by atoms with van der Waals surface area (Å²) in [5.41, 5.74) is 1.15. The molecular formula is C15H20N2S. The molecule has 0 aliphatic heterocycles. The van der Waals surface area contributed by atoms with Crippen molar-refractivity contribution in [3.8, 4) is 0 Å². The molecule has 0 heterocycles. The number of rotatable bonds is 2. The molecule has 2 bridgehead atoms. The average Bonchev–Trinajstić information content (AvgIpc) is 3.01. The van der Waals surface area contributed by atoms with Crippen molar-refractivity contribution in [1.82, 2.24) is 5.32 Å². The van der Waals surface area contributed by atoms with Crippen LogP contribution >= 0.6 is 12.2 Å². The first-order valence-corrected chi connectivity index (χ1v) is 7.24. The maximum atomic E-state index is 5.53. The molecule has 0 aromatic heterocycles. The highest BCUT2D eigenvalue weighted by Crippen LogP contribution is 2.44. The van der Waals surface area contributed by atoms with Crippen LogP contribution in [0.2, 0.25) is 0 Å². The highest BCUT2D eigenvalue weighted by atomic mass is 32.1. The van der Waals surface area contributed by atoms with Crippen LogP contribution in [0.1, 0.15) is 25.7 Å². The number of nitrogens with zero attached hydrogens (tertiary/aromatic N) is 1. The fourth-order valence-electron chi connectivity index (χ4n) is 3.45. The lowest BCUT2D eigenvalue weighted by Gasteiger charge is -2.28. The lowest BCUT2D eigenvalue weighted by molar-refractivity contribution is 0.391. The van der Waals surface area contributed by atoms with E-state index in [9.17, 15) is 0 Å². The van der Waals surface area contributed by atoms with Crippen LogP contribution in [0.3, 0.4) is 0 Å². The monoisotopic (exact) mass is 260 g/mol. The zero-order valence-corrected chi connectivity index (χ0v) is 11.6. The second kappa shape index (κ2) is 4.88. The molecule has 1 N–H and O–H groups in total. The van der Waals surface area contributed by atoms with Gasteiger partial charge in [-0.2, -0.15) is 0 Å². The van der Waals surface area contributed by atoms with E-state index in [2.05, 4.69) is 22.3 Å². The fraction of sp³-hybridized carbons (Fsp3) is 0.533. The summed E-state index contributed by atoms with van der Waals surface area (Å²) in [6.07, 6.45) is 5.55. The van der Waals surface area contributed by atoms with Gasteiger partial charge in [-0.1, -0.05) is 24.6 Å². The Labute approximate surface area is 114 Å². The second-order valence-corrected chi connectivity index (χ2v) is 6.01. The molecule has 2 saturated carbocycles. The molecule has 1 aromatic rings. The Morgan fingerprint density at radius 3 is 2.61 bits per heavy atom. The van der Waals surface area contributed by atoms with E-state index in [1.54, 1.807) is 0 Å². The third-order valence-corrected chi connectivity index (χ3v) is 4.89. The second-order valence-electron chi connectivity index (χ2n) is 5.63. The number of anilines is 1. The molecule has 2 aliphatic rings. The van der Waals surface area contributed by atoms with Crippen molar-refractivity contribution in [2.45, 2.75) is 31.7 Å². The van der Waals surface area contributed by atoms with Crippen molar-refractivity contribution in [3.05, 3.63) is 30.3 Å². The third-order valence-electron chi connectivity index (χ3n) is 4.50. The number of benzene rings is 1. The molecule has 1 aromatic carbocycles. The molecule has 0 unspecified atom stereocenters. The highest BCUT2D eigenvalue weighted by molar-refractivity contribution is 7.80. The van der Waals surface area contributed by atoms with Crippen molar-refractivity contribution in [2.75, 3.05) is 11.9 Å². The Morgan fingerprint density at radius 2 is 2.00 bits per heavy atom. The minimum atomic E-state index is 0.613. The van der Waals surface area contributed by atoms with Gasteiger partial charge in [0.05, 0.1) is 0 Å². The molecule has 2 aliphatic carbocycles. The molecule has 3 rings (SSSR count). The summed E-state index contributed by atoms with van der Waals surface area (Å²) in [7, 11) is 2.04. The summed E-state index contributed by atoms with van der Waals surface area (Å²) in [5.74, 6) is 1.81. The van der Waals surface area contributed by atoms with Crippen molar-refractivity contribution in [3.63, 3.8) is 0 Å². The van der Waals surface area contributed by atoms with Crippen LogP contribution in [-0.4, -0.2) is 18.2 Å². The summed E-state index contributed by atoms with van der Waals surface area (Å²) >= 11 is 5.53. The zero-order chi connectivity index (χ0) is 12.5. The first kappa shape index (κ1) is 12.0. The molecular weight excluding hydrogens is 240 g/mol. The molecule has 0 radical (unpaired) electrons. The first-order valence-electron chi connectivity index (χ1n) is 6.83. The van der Waals surface area contributed by atoms with Gasteiger partial charge in [0.2, 0.25) is 0 Å². The van der Waals surface area contributed by atoms with Crippen LogP contribution < -0.4 is 10.2 Å². The van der Waals surface area contributed by atoms with Crippen LogP contribution in [0.15, 0.2) is 30.3 Å². The number of thiocarbonyl (C=S) groups is 1. The minimum absolute atomic E-state index is 0.613. The van der Waals surface area contributed by atoms with Gasteiger partial charge in [-0.25, -0.2) is 0 Å². The predicted molar refractivity (Wildman–Crippen MR) is 79.8 cm³/mol. The third kappa shape index (κ3) is 2.24. The Kier molecular flexibility index (Phi) is 3.25.